The van der Waals surface area contributed by atoms with Crippen molar-refractivity contribution in [3.05, 3.63) is 65.7 Å². The summed E-state index contributed by atoms with van der Waals surface area (Å²) in [7, 11) is -3.89. The number of nitrogens with one attached hydrogen (secondary N) is 1. The Balaban J connectivity index is 2.09. The van der Waals surface area contributed by atoms with E-state index in [4.69, 9.17) is 0 Å². The third-order valence-corrected chi connectivity index (χ3v) is 5.09. The third-order valence-electron chi connectivity index (χ3n) is 2.82. The van der Waals surface area contributed by atoms with E-state index < -0.39 is 21.7 Å². The van der Waals surface area contributed by atoms with Crippen LogP contribution in [-0.2, 0) is 10.0 Å². The van der Waals surface area contributed by atoms with Crippen molar-refractivity contribution in [2.75, 3.05) is 6.54 Å². The van der Waals surface area contributed by atoms with Crippen molar-refractivity contribution < 1.29 is 17.2 Å². The Kier molecular flexibility index (Phi) is 5.08. The number of sulfonamides is 1. The Morgan fingerprint density at radius 1 is 1.05 bits per heavy atom. The van der Waals surface area contributed by atoms with Gasteiger partial charge in [0.2, 0.25) is 10.0 Å². The molecule has 2 rings (SSSR count). The topological polar surface area (TPSA) is 46.2 Å². The minimum absolute atomic E-state index is 0.0886. The first-order chi connectivity index (χ1) is 9.90. The molecule has 7 heteroatoms. The van der Waals surface area contributed by atoms with Gasteiger partial charge in [-0.1, -0.05) is 46.3 Å². The van der Waals surface area contributed by atoms with Crippen LogP contribution in [0.5, 0.6) is 0 Å². The molecule has 0 fully saturated rings. The van der Waals surface area contributed by atoms with E-state index in [-0.39, 0.29) is 16.3 Å². The number of hydrogen-bond acceptors (Lipinski definition) is 2. The largest absolute Gasteiger partial charge is 0.240 e. The van der Waals surface area contributed by atoms with Gasteiger partial charge in [0.1, 0.15) is 0 Å². The van der Waals surface area contributed by atoms with Crippen molar-refractivity contribution in [2.45, 2.75) is 9.72 Å². The fraction of sp³-hybridized carbons (Fsp3) is 0.143. The highest BCUT2D eigenvalue weighted by Crippen LogP contribution is 2.22. The molecule has 0 radical (unpaired) electrons. The molecule has 0 bridgehead atoms. The van der Waals surface area contributed by atoms with Crippen molar-refractivity contribution in [3.63, 3.8) is 0 Å². The highest BCUT2D eigenvalue weighted by molar-refractivity contribution is 9.09. The van der Waals surface area contributed by atoms with Crippen molar-refractivity contribution in [2.24, 2.45) is 0 Å². The van der Waals surface area contributed by atoms with Crippen LogP contribution in [-0.4, -0.2) is 15.0 Å². The molecule has 0 saturated heterocycles. The van der Waals surface area contributed by atoms with Crippen molar-refractivity contribution in [1.82, 2.24) is 4.72 Å². The predicted molar refractivity (Wildman–Crippen MR) is 79.7 cm³/mol. The smallest absolute Gasteiger partial charge is 0.210 e. The Morgan fingerprint density at radius 3 is 2.33 bits per heavy atom. The highest BCUT2D eigenvalue weighted by atomic mass is 79.9. The Bertz CT molecular complexity index is 723. The summed E-state index contributed by atoms with van der Waals surface area (Å²) in [6.45, 7) is 0.0886. The van der Waals surface area contributed by atoms with Crippen LogP contribution in [0.2, 0.25) is 0 Å². The van der Waals surface area contributed by atoms with Crippen molar-refractivity contribution >= 4 is 26.0 Å². The molecule has 1 unspecified atom stereocenters. The average Bonchev–Trinajstić information content (AvgIpc) is 2.48. The van der Waals surface area contributed by atoms with Gasteiger partial charge in [0, 0.05) is 6.54 Å². The molecule has 1 N–H and O–H groups in total. The summed E-state index contributed by atoms with van der Waals surface area (Å²) in [5.41, 5.74) is 0.908. The standard InChI is InChI=1S/C14H12BrF2NO2S/c15-12(10-4-2-1-3-5-10)9-18-21(19,20)11-6-7-13(16)14(17)8-11/h1-8,12,18H,9H2. The van der Waals surface area contributed by atoms with E-state index in [1.54, 1.807) is 0 Å². The minimum Gasteiger partial charge on any atom is -0.210 e. The predicted octanol–water partition coefficient (Wildman–Crippen LogP) is 3.38. The van der Waals surface area contributed by atoms with E-state index in [9.17, 15) is 17.2 Å². The van der Waals surface area contributed by atoms with E-state index in [1.807, 2.05) is 30.3 Å². The monoisotopic (exact) mass is 375 g/mol. The zero-order chi connectivity index (χ0) is 15.5. The third kappa shape index (κ3) is 4.09. The molecule has 21 heavy (non-hydrogen) atoms. The van der Waals surface area contributed by atoms with Gasteiger partial charge in [-0.25, -0.2) is 21.9 Å². The lowest BCUT2D eigenvalue weighted by molar-refractivity contribution is 0.504. The molecule has 2 aromatic carbocycles. The molecule has 0 amide bonds. The SMILES string of the molecule is O=S(=O)(NCC(Br)c1ccccc1)c1ccc(F)c(F)c1. The van der Waals surface area contributed by atoms with Crippen LogP contribution in [0.15, 0.2) is 53.4 Å². The summed E-state index contributed by atoms with van der Waals surface area (Å²) in [6.07, 6.45) is 0. The van der Waals surface area contributed by atoms with Gasteiger partial charge < -0.3 is 0 Å². The maximum Gasteiger partial charge on any atom is 0.240 e. The molecule has 0 aliphatic heterocycles. The summed E-state index contributed by atoms with van der Waals surface area (Å²) < 4.78 is 52.3. The molecule has 2 aromatic rings. The molecule has 3 nitrogen and oxygen atoms in total. The number of halogens is 3. The molecular formula is C14H12BrF2NO2S. The van der Waals surface area contributed by atoms with E-state index in [0.29, 0.717) is 6.07 Å². The second-order valence-corrected chi connectivity index (χ2v) is 7.18. The van der Waals surface area contributed by atoms with Crippen LogP contribution >= 0.6 is 15.9 Å². The lowest BCUT2D eigenvalue weighted by Gasteiger charge is -2.12. The van der Waals surface area contributed by atoms with E-state index in [0.717, 1.165) is 17.7 Å². The van der Waals surface area contributed by atoms with Crippen LogP contribution < -0.4 is 4.72 Å². The van der Waals surface area contributed by atoms with Crippen LogP contribution in [0.25, 0.3) is 0 Å². The first kappa shape index (κ1) is 16.1. The summed E-state index contributed by atoms with van der Waals surface area (Å²) in [5.74, 6) is -2.28. The minimum atomic E-state index is -3.89. The zero-order valence-corrected chi connectivity index (χ0v) is 13.2. The van der Waals surface area contributed by atoms with Gasteiger partial charge in [0.05, 0.1) is 9.72 Å². The van der Waals surface area contributed by atoms with E-state index in [1.165, 1.54) is 0 Å². The maximum absolute atomic E-state index is 13.1. The second kappa shape index (κ2) is 6.64. The molecule has 112 valence electrons. The molecule has 1 atom stereocenters. The summed E-state index contributed by atoms with van der Waals surface area (Å²) in [4.78, 5) is -0.534. The molecule has 0 saturated carbocycles. The Hall–Kier alpha value is -1.31. The summed E-state index contributed by atoms with van der Waals surface area (Å²) >= 11 is 3.38. The molecular weight excluding hydrogens is 364 g/mol. The van der Waals surface area contributed by atoms with Gasteiger partial charge in [-0.2, -0.15) is 0 Å². The Morgan fingerprint density at radius 2 is 1.71 bits per heavy atom. The quantitative estimate of drug-likeness (QED) is 0.814. The van der Waals surface area contributed by atoms with E-state index in [2.05, 4.69) is 20.7 Å². The van der Waals surface area contributed by atoms with Gasteiger partial charge in [-0.15, -0.1) is 0 Å². The summed E-state index contributed by atoms with van der Waals surface area (Å²) in [5, 5.41) is 0. The summed E-state index contributed by atoms with van der Waals surface area (Å²) in [6, 6.07) is 11.7. The fourth-order valence-electron chi connectivity index (χ4n) is 1.69. The fourth-order valence-corrected chi connectivity index (χ4v) is 3.43. The van der Waals surface area contributed by atoms with Crippen LogP contribution in [0.4, 0.5) is 8.78 Å². The second-order valence-electron chi connectivity index (χ2n) is 4.31. The van der Waals surface area contributed by atoms with Gasteiger partial charge >= 0.3 is 0 Å². The first-order valence-corrected chi connectivity index (χ1v) is 8.44. The molecule has 0 aliphatic carbocycles. The molecule has 0 heterocycles. The lowest BCUT2D eigenvalue weighted by atomic mass is 10.2. The highest BCUT2D eigenvalue weighted by Gasteiger charge is 2.18. The van der Waals surface area contributed by atoms with Gasteiger partial charge in [-0.05, 0) is 23.8 Å². The lowest BCUT2D eigenvalue weighted by Crippen LogP contribution is -2.27. The molecule has 0 aliphatic rings. The normalized spacial score (nSPS) is 13.1. The van der Waals surface area contributed by atoms with Crippen molar-refractivity contribution in [1.29, 1.82) is 0 Å². The van der Waals surface area contributed by atoms with Crippen LogP contribution in [0, 0.1) is 11.6 Å². The Labute approximate surface area is 130 Å². The maximum atomic E-state index is 13.1. The van der Waals surface area contributed by atoms with E-state index >= 15 is 0 Å². The zero-order valence-electron chi connectivity index (χ0n) is 10.8. The number of alkyl halides is 1. The average molecular weight is 376 g/mol. The van der Waals surface area contributed by atoms with Crippen LogP contribution in [0.1, 0.15) is 10.4 Å². The number of hydrogen-bond donors (Lipinski definition) is 1. The van der Waals surface area contributed by atoms with Gasteiger partial charge in [-0.3, -0.25) is 0 Å². The number of benzene rings is 2. The molecule has 0 spiro atoms. The van der Waals surface area contributed by atoms with Gasteiger partial charge in [0.25, 0.3) is 0 Å². The van der Waals surface area contributed by atoms with Crippen molar-refractivity contribution in [3.8, 4) is 0 Å². The van der Waals surface area contributed by atoms with Gasteiger partial charge in [0.15, 0.2) is 11.6 Å². The van der Waals surface area contributed by atoms with Crippen LogP contribution in [0.3, 0.4) is 0 Å². The first-order valence-electron chi connectivity index (χ1n) is 6.04. The molecule has 0 aromatic heterocycles. The number of rotatable bonds is 5.